The largest absolute Gasteiger partial charge is 0.374 e. The van der Waals surface area contributed by atoms with Gasteiger partial charge >= 0.3 is 0 Å². The third kappa shape index (κ3) is 3.28. The first kappa shape index (κ1) is 14.2. The zero-order valence-corrected chi connectivity index (χ0v) is 11.2. The summed E-state index contributed by atoms with van der Waals surface area (Å²) in [5.74, 6) is 6.67. The maximum Gasteiger partial charge on any atom is 0.110 e. The van der Waals surface area contributed by atoms with Crippen molar-refractivity contribution in [1.82, 2.24) is 15.0 Å². The van der Waals surface area contributed by atoms with Crippen LogP contribution in [0.15, 0.2) is 12.4 Å². The minimum atomic E-state index is -0.268. The Morgan fingerprint density at radius 3 is 2.71 bits per heavy atom. The fourth-order valence-electron chi connectivity index (χ4n) is 2.01. The van der Waals surface area contributed by atoms with Crippen molar-refractivity contribution >= 4 is 0 Å². The molecule has 0 saturated heterocycles. The smallest absolute Gasteiger partial charge is 0.110 e. The number of aryl methyl sites for hydroxylation is 1. The fraction of sp³-hybridized carbons (Fsp3) is 0.750. The highest BCUT2D eigenvalue weighted by molar-refractivity contribution is 4.99. The summed E-state index contributed by atoms with van der Waals surface area (Å²) in [7, 11) is 1.99. The van der Waals surface area contributed by atoms with Crippen LogP contribution >= 0.6 is 0 Å². The molecule has 0 fully saturated rings. The van der Waals surface area contributed by atoms with E-state index in [0.717, 1.165) is 18.7 Å². The van der Waals surface area contributed by atoms with Crippen LogP contribution in [-0.2, 0) is 18.2 Å². The lowest BCUT2D eigenvalue weighted by Crippen LogP contribution is -2.54. The molecule has 0 amide bonds. The molecule has 0 aliphatic rings. The molecule has 0 bridgehead atoms. The summed E-state index contributed by atoms with van der Waals surface area (Å²) in [5, 5.41) is 0. The molecular weight excluding hydrogens is 216 g/mol. The van der Waals surface area contributed by atoms with E-state index in [-0.39, 0.29) is 11.6 Å². The topological polar surface area (TPSA) is 65.1 Å². The van der Waals surface area contributed by atoms with Gasteiger partial charge in [0, 0.05) is 32.5 Å². The first-order valence-electron chi connectivity index (χ1n) is 6.13. The molecule has 1 aromatic rings. The van der Waals surface area contributed by atoms with Gasteiger partial charge in [-0.1, -0.05) is 6.92 Å². The van der Waals surface area contributed by atoms with Crippen molar-refractivity contribution in [2.75, 3.05) is 6.61 Å². The second-order valence-corrected chi connectivity index (χ2v) is 4.48. The standard InChI is InChI=1S/C12H24N4O/c1-5-12(3,17-6-2)10(15-13)9-11-14-7-8-16(11)4/h7-8,10,15H,5-6,9,13H2,1-4H3. The Balaban J connectivity index is 2.80. The number of imidazole rings is 1. The number of aromatic nitrogens is 2. The molecule has 5 heteroatoms. The van der Waals surface area contributed by atoms with Crippen molar-refractivity contribution in [3.8, 4) is 0 Å². The summed E-state index contributed by atoms with van der Waals surface area (Å²) in [6.45, 7) is 6.88. The van der Waals surface area contributed by atoms with Gasteiger partial charge < -0.3 is 9.30 Å². The minimum absolute atomic E-state index is 0.0496. The highest BCUT2D eigenvalue weighted by Crippen LogP contribution is 2.22. The molecule has 0 aromatic carbocycles. The maximum absolute atomic E-state index is 5.84. The fourth-order valence-corrected chi connectivity index (χ4v) is 2.01. The second kappa shape index (κ2) is 6.14. The Bertz CT molecular complexity index is 339. The number of nitrogens with zero attached hydrogens (tertiary/aromatic N) is 2. The summed E-state index contributed by atoms with van der Waals surface area (Å²) in [6.07, 6.45) is 5.39. The van der Waals surface area contributed by atoms with Crippen LogP contribution in [0.3, 0.4) is 0 Å². The number of nitrogens with one attached hydrogen (secondary N) is 1. The van der Waals surface area contributed by atoms with Gasteiger partial charge in [-0.3, -0.25) is 11.3 Å². The van der Waals surface area contributed by atoms with Gasteiger partial charge in [0.15, 0.2) is 0 Å². The molecule has 0 aliphatic heterocycles. The highest BCUT2D eigenvalue weighted by Gasteiger charge is 2.33. The van der Waals surface area contributed by atoms with Crippen LogP contribution in [-0.4, -0.2) is 27.8 Å². The molecule has 1 rings (SSSR count). The SMILES string of the molecule is CCOC(C)(CC)C(Cc1nccn1C)NN. The van der Waals surface area contributed by atoms with E-state index in [2.05, 4.69) is 24.3 Å². The first-order valence-corrected chi connectivity index (χ1v) is 6.13. The van der Waals surface area contributed by atoms with Crippen molar-refractivity contribution in [3.05, 3.63) is 18.2 Å². The predicted molar refractivity (Wildman–Crippen MR) is 68.3 cm³/mol. The van der Waals surface area contributed by atoms with Crippen molar-refractivity contribution in [1.29, 1.82) is 0 Å². The van der Waals surface area contributed by atoms with Crippen molar-refractivity contribution in [2.24, 2.45) is 12.9 Å². The van der Waals surface area contributed by atoms with Gasteiger partial charge in [-0.25, -0.2) is 4.98 Å². The van der Waals surface area contributed by atoms with Crippen LogP contribution in [0.5, 0.6) is 0 Å². The van der Waals surface area contributed by atoms with Gasteiger partial charge in [0.1, 0.15) is 5.82 Å². The van der Waals surface area contributed by atoms with Crippen molar-refractivity contribution < 1.29 is 4.74 Å². The first-order chi connectivity index (χ1) is 8.07. The maximum atomic E-state index is 5.84. The number of nitrogens with two attached hydrogens (primary N) is 1. The van der Waals surface area contributed by atoms with Gasteiger partial charge in [0.2, 0.25) is 0 Å². The van der Waals surface area contributed by atoms with E-state index < -0.39 is 0 Å². The monoisotopic (exact) mass is 240 g/mol. The van der Waals surface area contributed by atoms with Crippen molar-refractivity contribution in [3.63, 3.8) is 0 Å². The summed E-state index contributed by atoms with van der Waals surface area (Å²) < 4.78 is 7.85. The average Bonchev–Trinajstić information content (AvgIpc) is 2.72. The quantitative estimate of drug-likeness (QED) is 0.551. The summed E-state index contributed by atoms with van der Waals surface area (Å²) >= 11 is 0. The van der Waals surface area contributed by atoms with E-state index in [9.17, 15) is 0 Å². The Morgan fingerprint density at radius 2 is 2.29 bits per heavy atom. The zero-order chi connectivity index (χ0) is 12.9. The predicted octanol–water partition coefficient (Wildman–Crippen LogP) is 1.000. The normalized spacial score (nSPS) is 16.8. The Labute approximate surface area is 103 Å². The summed E-state index contributed by atoms with van der Waals surface area (Å²) in [5.41, 5.74) is 2.60. The lowest BCUT2D eigenvalue weighted by Gasteiger charge is -2.36. The third-order valence-corrected chi connectivity index (χ3v) is 3.42. The Hall–Kier alpha value is -0.910. The number of hydrazine groups is 1. The molecule has 17 heavy (non-hydrogen) atoms. The number of rotatable bonds is 7. The lowest BCUT2D eigenvalue weighted by atomic mass is 9.91. The van der Waals surface area contributed by atoms with Crippen LogP contribution in [0.25, 0.3) is 0 Å². The van der Waals surface area contributed by atoms with Gasteiger partial charge in [-0.15, -0.1) is 0 Å². The van der Waals surface area contributed by atoms with Crippen LogP contribution in [0, 0.1) is 0 Å². The van der Waals surface area contributed by atoms with Gasteiger partial charge in [0.25, 0.3) is 0 Å². The Morgan fingerprint density at radius 1 is 1.59 bits per heavy atom. The molecule has 0 aliphatic carbocycles. The second-order valence-electron chi connectivity index (χ2n) is 4.48. The van der Waals surface area contributed by atoms with Crippen LogP contribution in [0.4, 0.5) is 0 Å². The molecule has 3 N–H and O–H groups in total. The van der Waals surface area contributed by atoms with E-state index in [4.69, 9.17) is 10.6 Å². The Kier molecular flexibility index (Phi) is 5.11. The molecular formula is C12H24N4O. The van der Waals surface area contributed by atoms with Crippen molar-refractivity contribution in [2.45, 2.75) is 45.3 Å². The average molecular weight is 240 g/mol. The van der Waals surface area contributed by atoms with E-state index in [1.54, 1.807) is 6.20 Å². The van der Waals surface area contributed by atoms with Gasteiger partial charge in [-0.2, -0.15) is 0 Å². The number of hydrogen-bond donors (Lipinski definition) is 2. The van der Waals surface area contributed by atoms with Crippen LogP contribution < -0.4 is 11.3 Å². The minimum Gasteiger partial charge on any atom is -0.374 e. The molecule has 5 nitrogen and oxygen atoms in total. The molecule has 0 radical (unpaired) electrons. The summed E-state index contributed by atoms with van der Waals surface area (Å²) in [4.78, 5) is 4.32. The number of hydrogen-bond acceptors (Lipinski definition) is 4. The van der Waals surface area contributed by atoms with Crippen LogP contribution in [0.2, 0.25) is 0 Å². The molecule has 0 saturated carbocycles. The van der Waals surface area contributed by atoms with Crippen LogP contribution in [0.1, 0.15) is 33.0 Å². The molecule has 2 atom stereocenters. The molecule has 1 heterocycles. The molecule has 2 unspecified atom stereocenters. The molecule has 0 spiro atoms. The van der Waals surface area contributed by atoms with E-state index >= 15 is 0 Å². The van der Waals surface area contributed by atoms with E-state index in [1.807, 2.05) is 24.7 Å². The lowest BCUT2D eigenvalue weighted by molar-refractivity contribution is -0.0555. The van der Waals surface area contributed by atoms with Gasteiger partial charge in [0.05, 0.1) is 11.6 Å². The third-order valence-electron chi connectivity index (χ3n) is 3.42. The highest BCUT2D eigenvalue weighted by atomic mass is 16.5. The zero-order valence-electron chi connectivity index (χ0n) is 11.2. The molecule has 98 valence electrons. The summed E-state index contributed by atoms with van der Waals surface area (Å²) in [6, 6.07) is 0.0496. The van der Waals surface area contributed by atoms with Gasteiger partial charge in [-0.05, 0) is 20.3 Å². The molecule has 1 aromatic heterocycles. The number of ether oxygens (including phenoxy) is 1. The van der Waals surface area contributed by atoms with E-state index in [0.29, 0.717) is 6.61 Å². The van der Waals surface area contributed by atoms with E-state index in [1.165, 1.54) is 0 Å².